The number of halogens is 7. The Hall–Kier alpha value is -2.81. The largest absolute Gasteiger partial charge is 0.487 e. The molecule has 3 aromatic carbocycles. The van der Waals surface area contributed by atoms with Gasteiger partial charge in [0.05, 0.1) is 15.6 Å². The highest BCUT2D eigenvalue weighted by atomic mass is 35.5. The molecule has 176 valence electrons. The molecule has 0 fully saturated rings. The summed E-state index contributed by atoms with van der Waals surface area (Å²) in [6.07, 6.45) is -3.04. The summed E-state index contributed by atoms with van der Waals surface area (Å²) in [7, 11) is 1.70. The molecule has 1 heterocycles. The van der Waals surface area contributed by atoms with Gasteiger partial charge in [0.25, 0.3) is 0 Å². The highest BCUT2D eigenvalue weighted by Gasteiger charge is 2.31. The van der Waals surface area contributed by atoms with Gasteiger partial charge >= 0.3 is 6.18 Å². The molecule has 0 saturated carbocycles. The van der Waals surface area contributed by atoms with Crippen LogP contribution in [0.1, 0.15) is 11.1 Å². The molecule has 34 heavy (non-hydrogen) atoms. The highest BCUT2D eigenvalue weighted by molar-refractivity contribution is 6.34. The van der Waals surface area contributed by atoms with Gasteiger partial charge in [0.15, 0.2) is 5.82 Å². The Morgan fingerprint density at radius 3 is 2.35 bits per heavy atom. The zero-order valence-electron chi connectivity index (χ0n) is 17.3. The molecule has 0 aliphatic carbocycles. The third kappa shape index (κ3) is 4.99. The summed E-state index contributed by atoms with van der Waals surface area (Å²) in [5, 5.41) is 4.35. The lowest BCUT2D eigenvalue weighted by atomic mass is 9.96. The number of nitrogens with zero attached hydrogens (tertiary/aromatic N) is 3. The maximum atomic E-state index is 14.8. The lowest BCUT2D eigenvalue weighted by molar-refractivity contribution is -0.137. The molecule has 0 N–H and O–H groups in total. The van der Waals surface area contributed by atoms with Crippen molar-refractivity contribution in [2.24, 2.45) is 7.05 Å². The van der Waals surface area contributed by atoms with Crippen LogP contribution in [0.25, 0.3) is 22.5 Å². The molecule has 11 heteroatoms. The minimum atomic E-state index is -4.55. The molecular formula is C23H14Cl3F4N3O. The minimum Gasteiger partial charge on any atom is -0.487 e. The zero-order valence-corrected chi connectivity index (χ0v) is 19.6. The molecule has 4 aromatic rings. The predicted octanol–water partition coefficient (Wildman–Crippen LogP) is 7.85. The molecule has 0 radical (unpaired) electrons. The summed E-state index contributed by atoms with van der Waals surface area (Å²) in [5.41, 5.74) is 0.358. The smallest absolute Gasteiger partial charge is 0.416 e. The van der Waals surface area contributed by atoms with Gasteiger partial charge in [0, 0.05) is 28.8 Å². The van der Waals surface area contributed by atoms with Gasteiger partial charge in [-0.25, -0.2) is 9.37 Å². The third-order valence-electron chi connectivity index (χ3n) is 4.92. The number of hydrogen-bond donors (Lipinski definition) is 0. The predicted molar refractivity (Wildman–Crippen MR) is 123 cm³/mol. The molecule has 1 aromatic heterocycles. The van der Waals surface area contributed by atoms with E-state index in [1.165, 1.54) is 29.2 Å². The van der Waals surface area contributed by atoms with Gasteiger partial charge < -0.3 is 4.74 Å². The molecule has 0 aliphatic heterocycles. The summed E-state index contributed by atoms with van der Waals surface area (Å²) in [4.78, 5) is 4.20. The van der Waals surface area contributed by atoms with Crippen LogP contribution in [-0.4, -0.2) is 14.8 Å². The number of ether oxygens (including phenoxy) is 1. The first kappa shape index (κ1) is 24.3. The van der Waals surface area contributed by atoms with E-state index in [9.17, 15) is 17.6 Å². The Morgan fingerprint density at radius 2 is 1.74 bits per heavy atom. The van der Waals surface area contributed by atoms with Crippen molar-refractivity contribution in [3.63, 3.8) is 0 Å². The monoisotopic (exact) mass is 529 g/mol. The Labute approximate surface area is 206 Å². The standard InChI is InChI=1S/C23H14Cl3F4N3O/c1-33-11-31-22(32-33)12-7-14(21-16(24)3-2-4-19(21)27)15(17(25)8-12)10-34-20-6-5-13(9-18(20)26)23(28,29)30/h2-9,11H,10H2,1H3. The Balaban J connectivity index is 1.78. The summed E-state index contributed by atoms with van der Waals surface area (Å²) in [5.74, 6) is -0.230. The molecule has 0 spiro atoms. The Kier molecular flexibility index (Phi) is 6.75. The van der Waals surface area contributed by atoms with Crippen molar-refractivity contribution >= 4 is 34.8 Å². The molecular weight excluding hydrogens is 517 g/mol. The summed E-state index contributed by atoms with van der Waals surface area (Å²) >= 11 is 18.9. The summed E-state index contributed by atoms with van der Waals surface area (Å²) in [6, 6.07) is 10.2. The van der Waals surface area contributed by atoms with E-state index in [0.717, 1.165) is 18.2 Å². The Bertz CT molecular complexity index is 1350. The van der Waals surface area contributed by atoms with Crippen molar-refractivity contribution in [2.45, 2.75) is 12.8 Å². The first-order valence-corrected chi connectivity index (χ1v) is 10.8. The van der Waals surface area contributed by atoms with Crippen molar-refractivity contribution in [2.75, 3.05) is 0 Å². The van der Waals surface area contributed by atoms with Crippen molar-refractivity contribution in [1.29, 1.82) is 0 Å². The molecule has 4 nitrogen and oxygen atoms in total. The molecule has 0 aliphatic rings. The quantitative estimate of drug-likeness (QED) is 0.247. The molecule has 0 amide bonds. The van der Waals surface area contributed by atoms with E-state index in [1.807, 2.05) is 0 Å². The van der Waals surface area contributed by atoms with Gasteiger partial charge in [-0.3, -0.25) is 4.68 Å². The van der Waals surface area contributed by atoms with Crippen LogP contribution in [0.3, 0.4) is 0 Å². The fourth-order valence-corrected chi connectivity index (χ4v) is 4.08. The van der Waals surface area contributed by atoms with Gasteiger partial charge in [0.2, 0.25) is 0 Å². The number of aromatic nitrogens is 3. The zero-order chi connectivity index (χ0) is 24.6. The topological polar surface area (TPSA) is 39.9 Å². The van der Waals surface area contributed by atoms with Crippen LogP contribution >= 0.6 is 34.8 Å². The minimum absolute atomic E-state index is 0.00628. The van der Waals surface area contributed by atoms with E-state index >= 15 is 0 Å². The number of alkyl halides is 3. The molecule has 0 atom stereocenters. The van der Waals surface area contributed by atoms with E-state index in [0.29, 0.717) is 22.5 Å². The number of rotatable bonds is 5. The van der Waals surface area contributed by atoms with Crippen LogP contribution in [0.2, 0.25) is 15.1 Å². The van der Waals surface area contributed by atoms with E-state index in [2.05, 4.69) is 10.1 Å². The van der Waals surface area contributed by atoms with Crippen LogP contribution < -0.4 is 4.74 Å². The van der Waals surface area contributed by atoms with Gasteiger partial charge in [-0.15, -0.1) is 0 Å². The van der Waals surface area contributed by atoms with Gasteiger partial charge in [-0.1, -0.05) is 40.9 Å². The van der Waals surface area contributed by atoms with E-state index in [4.69, 9.17) is 39.5 Å². The average molecular weight is 531 g/mol. The molecule has 0 unspecified atom stereocenters. The van der Waals surface area contributed by atoms with Crippen molar-refractivity contribution in [1.82, 2.24) is 14.8 Å². The van der Waals surface area contributed by atoms with Crippen molar-refractivity contribution < 1.29 is 22.3 Å². The lowest BCUT2D eigenvalue weighted by Crippen LogP contribution is -2.06. The fourth-order valence-electron chi connectivity index (χ4n) is 3.31. The SMILES string of the molecule is Cn1cnc(-c2cc(Cl)c(COc3ccc(C(F)(F)F)cc3Cl)c(-c3c(F)cccc3Cl)c2)n1. The van der Waals surface area contributed by atoms with Gasteiger partial charge in [-0.05, 0) is 48.0 Å². The normalized spacial score (nSPS) is 11.6. The van der Waals surface area contributed by atoms with Crippen LogP contribution in [0, 0.1) is 5.82 Å². The van der Waals surface area contributed by atoms with Crippen LogP contribution in [-0.2, 0) is 19.8 Å². The third-order valence-corrected chi connectivity index (χ3v) is 5.86. The second-order valence-electron chi connectivity index (χ2n) is 7.25. The fraction of sp³-hybridized carbons (Fsp3) is 0.130. The van der Waals surface area contributed by atoms with E-state index in [-0.39, 0.29) is 33.0 Å². The Morgan fingerprint density at radius 1 is 0.971 bits per heavy atom. The maximum absolute atomic E-state index is 14.8. The van der Waals surface area contributed by atoms with Crippen LogP contribution in [0.15, 0.2) is 54.9 Å². The molecule has 0 bridgehead atoms. The first-order chi connectivity index (χ1) is 16.0. The second kappa shape index (κ2) is 9.44. The van der Waals surface area contributed by atoms with Crippen LogP contribution in [0.5, 0.6) is 5.75 Å². The van der Waals surface area contributed by atoms with Gasteiger partial charge in [0.1, 0.15) is 24.5 Å². The number of aryl methyl sites for hydroxylation is 1. The number of benzene rings is 3. The lowest BCUT2D eigenvalue weighted by Gasteiger charge is -2.17. The molecule has 0 saturated heterocycles. The maximum Gasteiger partial charge on any atom is 0.416 e. The van der Waals surface area contributed by atoms with Crippen molar-refractivity contribution in [3.8, 4) is 28.3 Å². The number of hydrogen-bond acceptors (Lipinski definition) is 3. The highest BCUT2D eigenvalue weighted by Crippen LogP contribution is 2.40. The van der Waals surface area contributed by atoms with Crippen LogP contribution in [0.4, 0.5) is 17.6 Å². The average Bonchev–Trinajstić information content (AvgIpc) is 3.19. The summed E-state index contributed by atoms with van der Waals surface area (Å²) in [6.45, 7) is -0.222. The van der Waals surface area contributed by atoms with Gasteiger partial charge in [-0.2, -0.15) is 18.3 Å². The van der Waals surface area contributed by atoms with Crippen molar-refractivity contribution in [3.05, 3.63) is 86.9 Å². The first-order valence-electron chi connectivity index (χ1n) is 9.67. The summed E-state index contributed by atoms with van der Waals surface area (Å²) < 4.78 is 60.8. The van der Waals surface area contributed by atoms with E-state index < -0.39 is 17.6 Å². The molecule has 4 rings (SSSR count). The van der Waals surface area contributed by atoms with E-state index in [1.54, 1.807) is 19.2 Å². The second-order valence-corrected chi connectivity index (χ2v) is 8.48.